The van der Waals surface area contributed by atoms with Crippen molar-refractivity contribution in [3.8, 4) is 11.8 Å². The van der Waals surface area contributed by atoms with Crippen LogP contribution in [0, 0.1) is 11.3 Å². The van der Waals surface area contributed by atoms with Crippen LogP contribution < -0.4 is 4.74 Å². The van der Waals surface area contributed by atoms with Crippen LogP contribution in [0.25, 0.3) is 0 Å². The van der Waals surface area contributed by atoms with Crippen LogP contribution in [0.4, 0.5) is 8.78 Å². The number of carbonyl (C=O) groups is 2. The molecule has 0 saturated heterocycles. The lowest BCUT2D eigenvalue weighted by Gasteiger charge is -2.35. The maximum absolute atomic E-state index is 13.7. The van der Waals surface area contributed by atoms with E-state index in [0.29, 0.717) is 36.3 Å². The molecule has 2 aromatic carbocycles. The van der Waals surface area contributed by atoms with Gasteiger partial charge in [-0.1, -0.05) is 23.7 Å². The Morgan fingerprint density at radius 1 is 1.21 bits per heavy atom. The van der Waals surface area contributed by atoms with Gasteiger partial charge in [0.15, 0.2) is 0 Å². The number of rotatable bonds is 5. The fourth-order valence-corrected chi connectivity index (χ4v) is 5.26. The molecule has 0 radical (unpaired) electrons. The van der Waals surface area contributed by atoms with E-state index in [1.165, 1.54) is 24.3 Å². The van der Waals surface area contributed by atoms with Gasteiger partial charge < -0.3 is 14.5 Å². The number of fused-ring (bicyclic) bond motifs is 3. The first-order chi connectivity index (χ1) is 18.2. The van der Waals surface area contributed by atoms with Crippen LogP contribution >= 0.6 is 11.6 Å². The van der Waals surface area contributed by atoms with Gasteiger partial charge >= 0.3 is 6.61 Å². The average molecular weight is 540 g/mol. The van der Waals surface area contributed by atoms with Crippen molar-refractivity contribution in [1.82, 2.24) is 19.6 Å². The number of carbonyl (C=O) groups excluding carboxylic acids is 2. The number of hydrogen-bond acceptors (Lipinski definition) is 5. The molecule has 0 spiro atoms. The number of nitriles is 1. The van der Waals surface area contributed by atoms with Crippen molar-refractivity contribution in [3.63, 3.8) is 0 Å². The number of amides is 2. The van der Waals surface area contributed by atoms with Crippen LogP contribution in [0.3, 0.4) is 0 Å². The summed E-state index contributed by atoms with van der Waals surface area (Å²) in [6, 6.07) is 12.4. The summed E-state index contributed by atoms with van der Waals surface area (Å²) in [5.41, 5.74) is 3.32. The molecular weight excluding hydrogens is 516 g/mol. The van der Waals surface area contributed by atoms with Crippen LogP contribution in [-0.2, 0) is 19.5 Å². The molecule has 38 heavy (non-hydrogen) atoms. The molecule has 0 fully saturated rings. The summed E-state index contributed by atoms with van der Waals surface area (Å²) in [7, 11) is 0. The first-order valence-electron chi connectivity index (χ1n) is 12.1. The molecule has 8 nitrogen and oxygen atoms in total. The van der Waals surface area contributed by atoms with E-state index in [0.717, 1.165) is 11.3 Å². The van der Waals surface area contributed by atoms with Gasteiger partial charge in [-0.15, -0.1) is 0 Å². The zero-order valence-corrected chi connectivity index (χ0v) is 21.5. The first-order valence-corrected chi connectivity index (χ1v) is 12.5. The van der Waals surface area contributed by atoms with Gasteiger partial charge in [-0.25, -0.2) is 0 Å². The summed E-state index contributed by atoms with van der Waals surface area (Å²) in [6.45, 7) is 2.04. The van der Waals surface area contributed by atoms with Crippen LogP contribution in [-0.4, -0.2) is 50.6 Å². The maximum atomic E-state index is 13.7. The minimum Gasteiger partial charge on any atom is -0.435 e. The number of hydrogen-bond donors (Lipinski definition) is 0. The molecule has 3 heterocycles. The third-order valence-corrected chi connectivity index (χ3v) is 7.48. The van der Waals surface area contributed by atoms with E-state index in [4.69, 9.17) is 11.6 Å². The molecule has 1 aromatic heterocycles. The summed E-state index contributed by atoms with van der Waals surface area (Å²) in [6.07, 6.45) is 0.494. The largest absolute Gasteiger partial charge is 0.435 e. The Kier molecular flexibility index (Phi) is 6.80. The molecule has 0 aliphatic carbocycles. The van der Waals surface area contributed by atoms with Crippen LogP contribution in [0.1, 0.15) is 63.1 Å². The van der Waals surface area contributed by atoms with Gasteiger partial charge in [0.05, 0.1) is 35.4 Å². The standard InChI is InChI=1S/C27H24ClF2N5O3/c1-15-11-23-21(14-34(15)25(36)18-5-8-22(28)19(12-18)13-31)24-26(37)33(9-10-35(24)32-23)16(2)17-3-6-20(7-4-17)38-27(29)30/h3-8,12,15-16,27H,9-11,14H2,1-2H3/t15-,16-/m1/s1. The Balaban J connectivity index is 1.40. The predicted octanol–water partition coefficient (Wildman–Crippen LogP) is 4.81. The minimum atomic E-state index is -2.91. The van der Waals surface area contributed by atoms with Gasteiger partial charge in [-0.05, 0) is 49.7 Å². The van der Waals surface area contributed by atoms with Crippen molar-refractivity contribution in [1.29, 1.82) is 5.26 Å². The number of nitrogens with zero attached hydrogens (tertiary/aromatic N) is 5. The molecule has 3 aromatic rings. The van der Waals surface area contributed by atoms with E-state index in [2.05, 4.69) is 9.84 Å². The minimum absolute atomic E-state index is 0.0505. The zero-order chi connectivity index (χ0) is 27.1. The topological polar surface area (TPSA) is 91.5 Å². The monoisotopic (exact) mass is 539 g/mol. The van der Waals surface area contributed by atoms with Crippen LogP contribution in [0.2, 0.25) is 5.02 Å². The van der Waals surface area contributed by atoms with Crippen molar-refractivity contribution in [2.24, 2.45) is 0 Å². The molecule has 0 unspecified atom stereocenters. The third kappa shape index (κ3) is 4.58. The Bertz CT molecular complexity index is 1450. The quantitative estimate of drug-likeness (QED) is 0.464. The lowest BCUT2D eigenvalue weighted by Crippen LogP contribution is -2.44. The van der Waals surface area contributed by atoms with E-state index in [1.54, 1.807) is 32.7 Å². The highest BCUT2D eigenvalue weighted by Crippen LogP contribution is 2.33. The van der Waals surface area contributed by atoms with Crippen LogP contribution in [0.15, 0.2) is 42.5 Å². The van der Waals surface area contributed by atoms with Crippen molar-refractivity contribution in [2.45, 2.75) is 52.1 Å². The van der Waals surface area contributed by atoms with Gasteiger partial charge in [0.1, 0.15) is 17.5 Å². The van der Waals surface area contributed by atoms with E-state index in [-0.39, 0.29) is 46.8 Å². The van der Waals surface area contributed by atoms with Gasteiger partial charge in [0.25, 0.3) is 11.8 Å². The SMILES string of the molecule is C[C@@H]1Cc2nn3c(c2CN1C(=O)c1ccc(Cl)c(C#N)c1)C(=O)N([C@H](C)c1ccc(OC(F)F)cc1)CC3. The fraction of sp³-hybridized carbons (Fsp3) is 0.333. The Hall–Kier alpha value is -3.97. The summed E-state index contributed by atoms with van der Waals surface area (Å²) in [5.74, 6) is -0.406. The molecule has 2 atom stereocenters. The maximum Gasteiger partial charge on any atom is 0.387 e. The van der Waals surface area contributed by atoms with Crippen LogP contribution in [0.5, 0.6) is 5.75 Å². The second kappa shape index (κ2) is 10.1. The van der Waals surface area contributed by atoms with Crippen molar-refractivity contribution < 1.29 is 23.1 Å². The molecule has 2 aliphatic heterocycles. The zero-order valence-electron chi connectivity index (χ0n) is 20.7. The highest BCUT2D eigenvalue weighted by Gasteiger charge is 2.38. The number of aromatic nitrogens is 2. The lowest BCUT2D eigenvalue weighted by molar-refractivity contribution is -0.0498. The van der Waals surface area contributed by atoms with E-state index < -0.39 is 6.61 Å². The summed E-state index contributed by atoms with van der Waals surface area (Å²) in [5, 5.41) is 14.3. The molecule has 0 N–H and O–H groups in total. The first kappa shape index (κ1) is 25.7. The second-order valence-corrected chi connectivity index (χ2v) is 9.82. The molecule has 2 aliphatic rings. The molecule has 5 rings (SSSR count). The number of ether oxygens (including phenoxy) is 1. The van der Waals surface area contributed by atoms with Gasteiger partial charge in [0, 0.05) is 30.1 Å². The van der Waals surface area contributed by atoms with E-state index in [9.17, 15) is 23.6 Å². The number of halogens is 3. The summed E-state index contributed by atoms with van der Waals surface area (Å²) >= 11 is 6.04. The smallest absolute Gasteiger partial charge is 0.387 e. The van der Waals surface area contributed by atoms with Gasteiger partial charge in [-0.2, -0.15) is 19.1 Å². The summed E-state index contributed by atoms with van der Waals surface area (Å²) in [4.78, 5) is 30.5. The van der Waals surface area contributed by atoms with Gasteiger partial charge in [0.2, 0.25) is 0 Å². The van der Waals surface area contributed by atoms with Gasteiger partial charge in [-0.3, -0.25) is 14.3 Å². The Labute approximate surface area is 223 Å². The normalized spacial score (nSPS) is 17.6. The fourth-order valence-electron chi connectivity index (χ4n) is 5.10. The highest BCUT2D eigenvalue weighted by molar-refractivity contribution is 6.31. The van der Waals surface area contributed by atoms with Crippen molar-refractivity contribution >= 4 is 23.4 Å². The van der Waals surface area contributed by atoms with E-state index >= 15 is 0 Å². The second-order valence-electron chi connectivity index (χ2n) is 9.41. The Morgan fingerprint density at radius 2 is 1.95 bits per heavy atom. The average Bonchev–Trinajstić information content (AvgIpc) is 3.26. The lowest BCUT2D eigenvalue weighted by atomic mass is 9.97. The number of benzene rings is 2. The van der Waals surface area contributed by atoms with Crippen molar-refractivity contribution in [2.75, 3.05) is 6.54 Å². The molecule has 196 valence electrons. The van der Waals surface area contributed by atoms with Crippen molar-refractivity contribution in [3.05, 3.63) is 81.1 Å². The molecule has 2 amide bonds. The molecule has 0 bridgehead atoms. The predicted molar refractivity (Wildman–Crippen MR) is 134 cm³/mol. The highest BCUT2D eigenvalue weighted by atomic mass is 35.5. The third-order valence-electron chi connectivity index (χ3n) is 7.15. The number of alkyl halides is 2. The molecular formula is C27H24ClF2N5O3. The van der Waals surface area contributed by atoms with E-state index in [1.807, 2.05) is 19.9 Å². The molecule has 11 heteroatoms. The Morgan fingerprint density at radius 3 is 2.63 bits per heavy atom. The molecule has 0 saturated carbocycles. The summed E-state index contributed by atoms with van der Waals surface area (Å²) < 4.78 is 31.1.